The number of rotatable bonds is 2. The first-order chi connectivity index (χ1) is 4.79. The molecule has 1 aromatic rings. The summed E-state index contributed by atoms with van der Waals surface area (Å²) in [6.45, 7) is 0. The van der Waals surface area contributed by atoms with Gasteiger partial charge < -0.3 is 9.88 Å². The smallest absolute Gasteiger partial charge is 0.228 e. The molecule has 1 rings (SSSR count). The van der Waals surface area contributed by atoms with E-state index in [0.29, 0.717) is 5.95 Å². The summed E-state index contributed by atoms with van der Waals surface area (Å²) in [6, 6.07) is 0. The van der Waals surface area contributed by atoms with Gasteiger partial charge in [-0.3, -0.25) is 0 Å². The number of hydrogen-bond donors (Lipinski definition) is 1. The minimum absolute atomic E-state index is 0.633. The van der Waals surface area contributed by atoms with Crippen LogP contribution in [-0.4, -0.2) is 35.3 Å². The fourth-order valence-corrected chi connectivity index (χ4v) is 0.498. The molecular formula is C6H10N4. The Morgan fingerprint density at radius 2 is 2.50 bits per heavy atom. The molecule has 0 saturated heterocycles. The lowest BCUT2D eigenvalue weighted by molar-refractivity contribution is 0.642. The van der Waals surface area contributed by atoms with E-state index in [-0.39, 0.29) is 0 Å². The quantitative estimate of drug-likeness (QED) is 0.481. The Balaban J connectivity index is 2.55. The van der Waals surface area contributed by atoms with Crippen LogP contribution in [0.3, 0.4) is 0 Å². The maximum Gasteiger partial charge on any atom is 0.228 e. The minimum Gasteiger partial charge on any atom is -0.369 e. The zero-order valence-corrected chi connectivity index (χ0v) is 6.07. The Kier molecular flexibility index (Phi) is 2.04. The van der Waals surface area contributed by atoms with Crippen LogP contribution in [0, 0.1) is 0 Å². The van der Waals surface area contributed by atoms with Crippen LogP contribution in [0.25, 0.3) is 0 Å². The number of nitrogens with zero attached hydrogens (tertiary/aromatic N) is 3. The van der Waals surface area contributed by atoms with Crippen LogP contribution in [0.5, 0.6) is 0 Å². The van der Waals surface area contributed by atoms with Gasteiger partial charge in [0.05, 0.1) is 6.34 Å². The maximum atomic E-state index is 4.00. The lowest BCUT2D eigenvalue weighted by Crippen LogP contribution is -2.07. The summed E-state index contributed by atoms with van der Waals surface area (Å²) in [7, 11) is 3.82. The number of nitrogens with one attached hydrogen (secondary N) is 1. The maximum absolute atomic E-state index is 4.00. The number of H-pyrrole nitrogens is 1. The van der Waals surface area contributed by atoms with Crippen molar-refractivity contribution in [3.63, 3.8) is 0 Å². The highest BCUT2D eigenvalue weighted by Gasteiger charge is 1.85. The predicted octanol–water partition coefficient (Wildman–Crippen LogP) is 0.631. The standard InChI is InChI=1S/C6H10N4/c1-10(2)5-9-6-7-3-4-8-6/h3-5H,1-2H3,(H,7,8). The van der Waals surface area contributed by atoms with Crippen LogP contribution in [-0.2, 0) is 0 Å². The van der Waals surface area contributed by atoms with Gasteiger partial charge in [-0.2, -0.15) is 0 Å². The van der Waals surface area contributed by atoms with Gasteiger partial charge in [-0.05, 0) is 0 Å². The molecule has 10 heavy (non-hydrogen) atoms. The number of aromatic amines is 1. The van der Waals surface area contributed by atoms with Gasteiger partial charge in [0, 0.05) is 26.5 Å². The van der Waals surface area contributed by atoms with Crippen LogP contribution in [0.4, 0.5) is 5.95 Å². The molecular weight excluding hydrogens is 128 g/mol. The first-order valence-electron chi connectivity index (χ1n) is 2.99. The van der Waals surface area contributed by atoms with Crippen molar-refractivity contribution >= 4 is 12.3 Å². The molecule has 4 nitrogen and oxygen atoms in total. The summed E-state index contributed by atoms with van der Waals surface area (Å²) in [5.74, 6) is 0.633. The molecule has 0 bridgehead atoms. The van der Waals surface area contributed by atoms with E-state index in [1.54, 1.807) is 18.7 Å². The monoisotopic (exact) mass is 138 g/mol. The second-order valence-corrected chi connectivity index (χ2v) is 2.12. The van der Waals surface area contributed by atoms with Gasteiger partial charge in [-0.25, -0.2) is 9.98 Å². The molecule has 54 valence electrons. The molecule has 0 radical (unpaired) electrons. The number of aromatic nitrogens is 2. The van der Waals surface area contributed by atoms with Gasteiger partial charge in [0.15, 0.2) is 0 Å². The van der Waals surface area contributed by atoms with Crippen molar-refractivity contribution in [3.8, 4) is 0 Å². The van der Waals surface area contributed by atoms with Gasteiger partial charge in [0.25, 0.3) is 0 Å². The molecule has 1 aromatic heterocycles. The fraction of sp³-hybridized carbons (Fsp3) is 0.333. The van der Waals surface area contributed by atoms with E-state index in [1.807, 2.05) is 19.0 Å². The van der Waals surface area contributed by atoms with Gasteiger partial charge in [-0.1, -0.05) is 0 Å². The Bertz CT molecular complexity index is 200. The van der Waals surface area contributed by atoms with Crippen molar-refractivity contribution in [2.75, 3.05) is 14.1 Å². The molecule has 0 amide bonds. The Labute approximate surface area is 59.6 Å². The molecule has 0 spiro atoms. The third-order valence-corrected chi connectivity index (χ3v) is 0.895. The summed E-state index contributed by atoms with van der Waals surface area (Å²) in [5.41, 5.74) is 0. The van der Waals surface area contributed by atoms with Crippen molar-refractivity contribution in [1.29, 1.82) is 0 Å². The highest BCUT2D eigenvalue weighted by molar-refractivity contribution is 5.57. The molecule has 0 saturated carbocycles. The summed E-state index contributed by atoms with van der Waals surface area (Å²) in [5, 5.41) is 0. The van der Waals surface area contributed by atoms with Gasteiger partial charge >= 0.3 is 0 Å². The second-order valence-electron chi connectivity index (χ2n) is 2.12. The highest BCUT2D eigenvalue weighted by atomic mass is 15.1. The van der Waals surface area contributed by atoms with E-state index >= 15 is 0 Å². The SMILES string of the molecule is CN(C)C=Nc1ncc[nH]1. The van der Waals surface area contributed by atoms with Crippen molar-refractivity contribution in [3.05, 3.63) is 12.4 Å². The van der Waals surface area contributed by atoms with Crippen LogP contribution < -0.4 is 0 Å². The Morgan fingerprint density at radius 1 is 1.70 bits per heavy atom. The lowest BCUT2D eigenvalue weighted by atomic mass is 10.9. The van der Waals surface area contributed by atoms with Gasteiger partial charge in [0.1, 0.15) is 0 Å². The Morgan fingerprint density at radius 3 is 3.00 bits per heavy atom. The van der Waals surface area contributed by atoms with E-state index in [4.69, 9.17) is 0 Å². The highest BCUT2D eigenvalue weighted by Crippen LogP contribution is 1.97. The molecule has 1 N–H and O–H groups in total. The second kappa shape index (κ2) is 3.00. The van der Waals surface area contributed by atoms with Crippen molar-refractivity contribution < 1.29 is 0 Å². The molecule has 0 aliphatic heterocycles. The van der Waals surface area contributed by atoms with Crippen LogP contribution in [0.1, 0.15) is 0 Å². The van der Waals surface area contributed by atoms with E-state index < -0.39 is 0 Å². The number of imidazole rings is 1. The molecule has 1 heterocycles. The van der Waals surface area contributed by atoms with E-state index in [1.165, 1.54) is 0 Å². The molecule has 0 atom stereocenters. The zero-order chi connectivity index (χ0) is 7.40. The fourth-order valence-electron chi connectivity index (χ4n) is 0.498. The normalized spacial score (nSPS) is 10.6. The van der Waals surface area contributed by atoms with Crippen molar-refractivity contribution in [1.82, 2.24) is 14.9 Å². The summed E-state index contributed by atoms with van der Waals surface area (Å²) in [4.78, 5) is 12.6. The first kappa shape index (κ1) is 6.80. The van der Waals surface area contributed by atoms with Crippen molar-refractivity contribution in [2.45, 2.75) is 0 Å². The van der Waals surface area contributed by atoms with Crippen LogP contribution in [0.15, 0.2) is 17.4 Å². The largest absolute Gasteiger partial charge is 0.369 e. The van der Waals surface area contributed by atoms with Crippen LogP contribution >= 0.6 is 0 Å². The zero-order valence-electron chi connectivity index (χ0n) is 6.07. The molecule has 0 aliphatic rings. The van der Waals surface area contributed by atoms with Gasteiger partial charge in [-0.15, -0.1) is 0 Å². The molecule has 4 heteroatoms. The Hall–Kier alpha value is -1.32. The summed E-state index contributed by atoms with van der Waals surface area (Å²) >= 11 is 0. The number of aliphatic imine (C=N–C) groups is 1. The molecule has 0 fully saturated rings. The topological polar surface area (TPSA) is 44.3 Å². The summed E-state index contributed by atoms with van der Waals surface area (Å²) < 4.78 is 0. The minimum atomic E-state index is 0.633. The number of hydrogen-bond acceptors (Lipinski definition) is 2. The molecule has 0 aromatic carbocycles. The van der Waals surface area contributed by atoms with E-state index in [9.17, 15) is 0 Å². The third-order valence-electron chi connectivity index (χ3n) is 0.895. The van der Waals surface area contributed by atoms with E-state index in [0.717, 1.165) is 0 Å². The lowest BCUT2D eigenvalue weighted by Gasteiger charge is -1.99. The first-order valence-corrected chi connectivity index (χ1v) is 2.99. The van der Waals surface area contributed by atoms with E-state index in [2.05, 4.69) is 15.0 Å². The van der Waals surface area contributed by atoms with Gasteiger partial charge in [0.2, 0.25) is 5.95 Å². The summed E-state index contributed by atoms with van der Waals surface area (Å²) in [6.07, 6.45) is 5.10. The average molecular weight is 138 g/mol. The van der Waals surface area contributed by atoms with Crippen LogP contribution in [0.2, 0.25) is 0 Å². The average Bonchev–Trinajstić information content (AvgIpc) is 2.34. The van der Waals surface area contributed by atoms with Crippen molar-refractivity contribution in [2.24, 2.45) is 4.99 Å². The molecule has 0 unspecified atom stereocenters. The predicted molar refractivity (Wildman–Crippen MR) is 40.4 cm³/mol. The third kappa shape index (κ3) is 1.89. The molecule has 0 aliphatic carbocycles.